The first kappa shape index (κ1) is 12.4. The summed E-state index contributed by atoms with van der Waals surface area (Å²) in [7, 11) is 2.25. The summed E-state index contributed by atoms with van der Waals surface area (Å²) in [6, 6.07) is 0.860. The van der Waals surface area contributed by atoms with Crippen molar-refractivity contribution in [3.05, 3.63) is 0 Å². The largest absolute Gasteiger partial charge is 0.312 e. The number of fused-ring (bicyclic) bond motifs is 2. The van der Waals surface area contributed by atoms with Crippen molar-refractivity contribution in [3.63, 3.8) is 0 Å². The lowest BCUT2D eigenvalue weighted by atomic mass is 9.95. The first-order valence-electron chi connectivity index (χ1n) is 7.21. The Balaban J connectivity index is 1.54. The quantitative estimate of drug-likeness (QED) is 0.715. The average molecular weight is 224 g/mol. The van der Waals surface area contributed by atoms with Gasteiger partial charge in [0.15, 0.2) is 0 Å². The van der Waals surface area contributed by atoms with E-state index >= 15 is 0 Å². The molecule has 2 aliphatic rings. The van der Waals surface area contributed by atoms with Gasteiger partial charge in [-0.3, -0.25) is 0 Å². The summed E-state index contributed by atoms with van der Waals surface area (Å²) >= 11 is 0. The molecule has 0 amide bonds. The fraction of sp³-hybridized carbons (Fsp3) is 1.00. The van der Waals surface area contributed by atoms with Crippen molar-refractivity contribution < 1.29 is 0 Å². The molecule has 3 atom stereocenters. The first-order valence-corrected chi connectivity index (χ1v) is 7.21. The van der Waals surface area contributed by atoms with Crippen molar-refractivity contribution in [1.29, 1.82) is 0 Å². The molecule has 3 unspecified atom stereocenters. The van der Waals surface area contributed by atoms with Crippen LogP contribution in [0.15, 0.2) is 0 Å². The van der Waals surface area contributed by atoms with Crippen LogP contribution in [0.2, 0.25) is 0 Å². The van der Waals surface area contributed by atoms with Crippen LogP contribution in [-0.4, -0.2) is 37.6 Å². The molecule has 0 aromatic rings. The molecule has 0 heterocycles. The Morgan fingerprint density at radius 2 is 2.06 bits per heavy atom. The molecule has 2 fully saturated rings. The van der Waals surface area contributed by atoms with Gasteiger partial charge in [-0.1, -0.05) is 19.8 Å². The SMILES string of the molecule is CCCCN(C)CCNC1CC2CCC1C2. The molecule has 0 saturated heterocycles. The van der Waals surface area contributed by atoms with Crippen LogP contribution in [-0.2, 0) is 0 Å². The molecule has 2 heteroatoms. The molecule has 2 nitrogen and oxygen atoms in total. The summed E-state index contributed by atoms with van der Waals surface area (Å²) in [5.41, 5.74) is 0. The Bertz CT molecular complexity index is 205. The maximum Gasteiger partial charge on any atom is 0.0104 e. The lowest BCUT2D eigenvalue weighted by Crippen LogP contribution is -2.38. The molecule has 2 saturated carbocycles. The van der Waals surface area contributed by atoms with E-state index < -0.39 is 0 Å². The standard InChI is InChI=1S/C14H28N2/c1-3-4-8-16(2)9-7-15-14-11-12-5-6-13(14)10-12/h12-15H,3-11H2,1-2H3. The van der Waals surface area contributed by atoms with Gasteiger partial charge in [0.05, 0.1) is 0 Å². The van der Waals surface area contributed by atoms with Crippen LogP contribution in [0.25, 0.3) is 0 Å². The monoisotopic (exact) mass is 224 g/mol. The Labute approximate surface area is 101 Å². The summed E-state index contributed by atoms with van der Waals surface area (Å²) < 4.78 is 0. The van der Waals surface area contributed by atoms with Gasteiger partial charge < -0.3 is 10.2 Å². The van der Waals surface area contributed by atoms with E-state index in [0.29, 0.717) is 0 Å². The topological polar surface area (TPSA) is 15.3 Å². The van der Waals surface area contributed by atoms with Gasteiger partial charge in [-0.15, -0.1) is 0 Å². The predicted molar refractivity (Wildman–Crippen MR) is 69.6 cm³/mol. The van der Waals surface area contributed by atoms with Crippen LogP contribution in [0.5, 0.6) is 0 Å². The second-order valence-electron chi connectivity index (χ2n) is 5.89. The van der Waals surface area contributed by atoms with Crippen molar-refractivity contribution in [2.45, 2.75) is 51.5 Å². The Hall–Kier alpha value is -0.0800. The second-order valence-corrected chi connectivity index (χ2v) is 5.89. The predicted octanol–water partition coefficient (Wildman–Crippen LogP) is 2.50. The average Bonchev–Trinajstić information content (AvgIpc) is 2.88. The number of hydrogen-bond donors (Lipinski definition) is 1. The summed E-state index contributed by atoms with van der Waals surface area (Å²) in [5.74, 6) is 2.09. The maximum atomic E-state index is 3.78. The third kappa shape index (κ3) is 3.21. The molecule has 94 valence electrons. The molecule has 2 rings (SSSR count). The number of nitrogens with one attached hydrogen (secondary N) is 1. The fourth-order valence-electron chi connectivity index (χ4n) is 3.48. The first-order chi connectivity index (χ1) is 7.79. The highest BCUT2D eigenvalue weighted by atomic mass is 15.1. The lowest BCUT2D eigenvalue weighted by Gasteiger charge is -2.24. The van der Waals surface area contributed by atoms with Crippen LogP contribution < -0.4 is 5.32 Å². The lowest BCUT2D eigenvalue weighted by molar-refractivity contribution is 0.295. The van der Waals surface area contributed by atoms with E-state index in [9.17, 15) is 0 Å². The molecule has 0 aliphatic heterocycles. The highest BCUT2D eigenvalue weighted by molar-refractivity contribution is 4.94. The normalized spacial score (nSPS) is 32.8. The van der Waals surface area contributed by atoms with Crippen LogP contribution >= 0.6 is 0 Å². The molecule has 0 spiro atoms. The minimum Gasteiger partial charge on any atom is -0.312 e. The molecular formula is C14H28N2. The zero-order valence-electron chi connectivity index (χ0n) is 11.0. The van der Waals surface area contributed by atoms with Crippen molar-refractivity contribution >= 4 is 0 Å². The van der Waals surface area contributed by atoms with Crippen LogP contribution in [0.4, 0.5) is 0 Å². The smallest absolute Gasteiger partial charge is 0.0104 e. The zero-order chi connectivity index (χ0) is 11.4. The zero-order valence-corrected chi connectivity index (χ0v) is 11.0. The number of unbranched alkanes of at least 4 members (excludes halogenated alkanes) is 1. The van der Waals surface area contributed by atoms with Crippen molar-refractivity contribution in [1.82, 2.24) is 10.2 Å². The highest BCUT2D eigenvalue weighted by Gasteiger charge is 2.38. The van der Waals surface area contributed by atoms with Gasteiger partial charge in [0, 0.05) is 19.1 Å². The number of hydrogen-bond acceptors (Lipinski definition) is 2. The third-order valence-corrected chi connectivity index (χ3v) is 4.53. The van der Waals surface area contributed by atoms with Gasteiger partial charge in [0.1, 0.15) is 0 Å². The molecule has 0 aromatic carbocycles. The maximum absolute atomic E-state index is 3.78. The van der Waals surface area contributed by atoms with E-state index in [2.05, 4.69) is 24.2 Å². The molecule has 2 bridgehead atoms. The van der Waals surface area contributed by atoms with Gasteiger partial charge >= 0.3 is 0 Å². The van der Waals surface area contributed by atoms with Gasteiger partial charge in [-0.05, 0) is 51.1 Å². The van der Waals surface area contributed by atoms with E-state index in [1.807, 2.05) is 0 Å². The summed E-state index contributed by atoms with van der Waals surface area (Å²) in [6.07, 6.45) is 8.63. The van der Waals surface area contributed by atoms with Crippen molar-refractivity contribution in [2.24, 2.45) is 11.8 Å². The van der Waals surface area contributed by atoms with Crippen LogP contribution in [0.3, 0.4) is 0 Å². The molecule has 0 radical (unpaired) electrons. The molecular weight excluding hydrogens is 196 g/mol. The van der Waals surface area contributed by atoms with Crippen LogP contribution in [0.1, 0.15) is 45.4 Å². The number of nitrogens with zero attached hydrogens (tertiary/aromatic N) is 1. The summed E-state index contributed by atoms with van der Waals surface area (Å²) in [5, 5.41) is 3.78. The summed E-state index contributed by atoms with van der Waals surface area (Å²) in [4.78, 5) is 2.46. The Morgan fingerprint density at radius 3 is 2.69 bits per heavy atom. The minimum atomic E-state index is 0.860. The molecule has 0 aromatic heterocycles. The number of likely N-dealkylation sites (N-methyl/N-ethyl adjacent to an activating group) is 1. The van der Waals surface area contributed by atoms with E-state index in [1.54, 1.807) is 0 Å². The van der Waals surface area contributed by atoms with Gasteiger partial charge in [-0.25, -0.2) is 0 Å². The van der Waals surface area contributed by atoms with Crippen molar-refractivity contribution in [2.75, 3.05) is 26.7 Å². The fourth-order valence-corrected chi connectivity index (χ4v) is 3.48. The second kappa shape index (κ2) is 6.02. The van der Waals surface area contributed by atoms with Gasteiger partial charge in [0.2, 0.25) is 0 Å². The molecule has 2 aliphatic carbocycles. The highest BCUT2D eigenvalue weighted by Crippen LogP contribution is 2.44. The van der Waals surface area contributed by atoms with Crippen LogP contribution in [0, 0.1) is 11.8 Å². The van der Waals surface area contributed by atoms with Gasteiger partial charge in [-0.2, -0.15) is 0 Å². The van der Waals surface area contributed by atoms with E-state index in [1.165, 1.54) is 58.2 Å². The van der Waals surface area contributed by atoms with E-state index in [4.69, 9.17) is 0 Å². The molecule has 1 N–H and O–H groups in total. The van der Waals surface area contributed by atoms with Crippen molar-refractivity contribution in [3.8, 4) is 0 Å². The van der Waals surface area contributed by atoms with E-state index in [-0.39, 0.29) is 0 Å². The van der Waals surface area contributed by atoms with E-state index in [0.717, 1.165) is 17.9 Å². The van der Waals surface area contributed by atoms with Gasteiger partial charge in [0.25, 0.3) is 0 Å². The third-order valence-electron chi connectivity index (χ3n) is 4.53. The Kier molecular flexibility index (Phi) is 4.66. The summed E-state index contributed by atoms with van der Waals surface area (Å²) in [6.45, 7) is 5.93. The molecule has 16 heavy (non-hydrogen) atoms. The minimum absolute atomic E-state index is 0.860. The Morgan fingerprint density at radius 1 is 1.19 bits per heavy atom. The number of rotatable bonds is 7.